The van der Waals surface area contributed by atoms with Gasteiger partial charge in [-0.3, -0.25) is 4.79 Å². The number of carbonyl (C=O) groups is 1. The van der Waals surface area contributed by atoms with Gasteiger partial charge >= 0.3 is 0 Å². The van der Waals surface area contributed by atoms with Gasteiger partial charge in [-0.1, -0.05) is 23.7 Å². The summed E-state index contributed by atoms with van der Waals surface area (Å²) in [5.74, 6) is -1.05. The molecule has 0 spiro atoms. The first kappa shape index (κ1) is 19.2. The zero-order valence-corrected chi connectivity index (χ0v) is 15.2. The monoisotopic (exact) mass is 385 g/mol. The first-order chi connectivity index (χ1) is 11.7. The van der Waals surface area contributed by atoms with Crippen molar-refractivity contribution >= 4 is 33.0 Å². The second kappa shape index (κ2) is 7.84. The van der Waals surface area contributed by atoms with Crippen molar-refractivity contribution in [1.29, 1.82) is 0 Å². The van der Waals surface area contributed by atoms with E-state index in [4.69, 9.17) is 16.3 Å². The first-order valence-corrected chi connectivity index (χ1v) is 9.42. The van der Waals surface area contributed by atoms with Gasteiger partial charge in [0.25, 0.3) is 0 Å². The standard InChI is InChI=1S/C17H17ClFNO4S/c1-11(25(22,23)10-12-3-5-13(19)6-4-12)17(21)20-14-7-8-16(24-2)15(18)9-14/h3-9,11H,10H2,1-2H3,(H,20,21). The molecule has 25 heavy (non-hydrogen) atoms. The van der Waals surface area contributed by atoms with E-state index < -0.39 is 26.8 Å². The molecular formula is C17H17ClFNO4S. The van der Waals surface area contributed by atoms with E-state index in [-0.39, 0.29) is 5.75 Å². The highest BCUT2D eigenvalue weighted by molar-refractivity contribution is 7.92. The smallest absolute Gasteiger partial charge is 0.242 e. The molecule has 0 radical (unpaired) electrons. The number of ether oxygens (including phenoxy) is 1. The Kier molecular flexibility index (Phi) is 6.02. The predicted octanol–water partition coefficient (Wildman–Crippen LogP) is 3.43. The molecule has 8 heteroatoms. The third-order valence-electron chi connectivity index (χ3n) is 3.61. The summed E-state index contributed by atoms with van der Waals surface area (Å²) < 4.78 is 42.7. The molecule has 0 saturated carbocycles. The van der Waals surface area contributed by atoms with E-state index in [1.807, 2.05) is 0 Å². The summed E-state index contributed by atoms with van der Waals surface area (Å²) >= 11 is 5.98. The molecule has 0 aliphatic carbocycles. The van der Waals surface area contributed by atoms with Crippen LogP contribution in [0, 0.1) is 5.82 Å². The molecule has 1 unspecified atom stereocenters. The van der Waals surface area contributed by atoms with Crippen molar-refractivity contribution in [2.75, 3.05) is 12.4 Å². The largest absolute Gasteiger partial charge is 0.495 e. The Hall–Kier alpha value is -2.12. The predicted molar refractivity (Wildman–Crippen MR) is 95.1 cm³/mol. The first-order valence-electron chi connectivity index (χ1n) is 7.33. The fourth-order valence-electron chi connectivity index (χ4n) is 2.09. The molecule has 1 atom stereocenters. The molecular weight excluding hydrogens is 369 g/mol. The fraction of sp³-hybridized carbons (Fsp3) is 0.235. The molecule has 0 aromatic heterocycles. The van der Waals surface area contributed by atoms with Crippen molar-refractivity contribution in [3.63, 3.8) is 0 Å². The van der Waals surface area contributed by atoms with Crippen LogP contribution in [-0.4, -0.2) is 26.7 Å². The molecule has 5 nitrogen and oxygen atoms in total. The highest BCUT2D eigenvalue weighted by Crippen LogP contribution is 2.27. The number of sulfone groups is 1. The van der Waals surface area contributed by atoms with Crippen LogP contribution in [0.5, 0.6) is 5.75 Å². The number of amides is 1. The summed E-state index contributed by atoms with van der Waals surface area (Å²) in [6, 6.07) is 9.69. The van der Waals surface area contributed by atoms with Crippen LogP contribution in [0.25, 0.3) is 0 Å². The van der Waals surface area contributed by atoms with E-state index in [9.17, 15) is 17.6 Å². The third kappa shape index (κ3) is 4.93. The fourth-order valence-corrected chi connectivity index (χ4v) is 3.64. The summed E-state index contributed by atoms with van der Waals surface area (Å²) in [4.78, 5) is 12.2. The van der Waals surface area contributed by atoms with Gasteiger partial charge in [0.15, 0.2) is 9.84 Å². The van der Waals surface area contributed by atoms with Crippen LogP contribution >= 0.6 is 11.6 Å². The van der Waals surface area contributed by atoms with Crippen LogP contribution in [0.15, 0.2) is 42.5 Å². The number of rotatable bonds is 6. The Morgan fingerprint density at radius 2 is 1.88 bits per heavy atom. The van der Waals surface area contributed by atoms with Gasteiger partial charge in [-0.05, 0) is 42.8 Å². The summed E-state index contributed by atoms with van der Waals surface area (Å²) in [6.45, 7) is 1.30. The minimum Gasteiger partial charge on any atom is -0.495 e. The van der Waals surface area contributed by atoms with Crippen molar-refractivity contribution in [3.8, 4) is 5.75 Å². The van der Waals surface area contributed by atoms with Crippen molar-refractivity contribution in [1.82, 2.24) is 0 Å². The van der Waals surface area contributed by atoms with E-state index in [1.54, 1.807) is 12.1 Å². The summed E-state index contributed by atoms with van der Waals surface area (Å²) in [7, 11) is -2.30. The summed E-state index contributed by atoms with van der Waals surface area (Å²) in [6.07, 6.45) is 0. The molecule has 0 aliphatic rings. The van der Waals surface area contributed by atoms with Crippen molar-refractivity contribution < 1.29 is 22.3 Å². The molecule has 2 rings (SSSR count). The lowest BCUT2D eigenvalue weighted by atomic mass is 10.2. The normalized spacial score (nSPS) is 12.5. The van der Waals surface area contributed by atoms with Gasteiger partial charge in [0, 0.05) is 5.69 Å². The Bertz CT molecular complexity index is 869. The zero-order valence-electron chi connectivity index (χ0n) is 13.6. The average Bonchev–Trinajstić information content (AvgIpc) is 2.56. The third-order valence-corrected chi connectivity index (χ3v) is 5.93. The van der Waals surface area contributed by atoms with Crippen LogP contribution in [-0.2, 0) is 20.4 Å². The van der Waals surface area contributed by atoms with Crippen molar-refractivity contribution in [2.24, 2.45) is 0 Å². The van der Waals surface area contributed by atoms with Gasteiger partial charge < -0.3 is 10.1 Å². The molecule has 0 heterocycles. The Morgan fingerprint density at radius 1 is 1.24 bits per heavy atom. The number of nitrogens with one attached hydrogen (secondary N) is 1. The molecule has 0 aliphatic heterocycles. The van der Waals surface area contributed by atoms with Crippen LogP contribution in [0.1, 0.15) is 12.5 Å². The number of anilines is 1. The Morgan fingerprint density at radius 3 is 2.44 bits per heavy atom. The van der Waals surface area contributed by atoms with Gasteiger partial charge in [-0.15, -0.1) is 0 Å². The molecule has 2 aromatic carbocycles. The van der Waals surface area contributed by atoms with E-state index in [0.717, 1.165) is 0 Å². The molecule has 134 valence electrons. The van der Waals surface area contributed by atoms with Gasteiger partial charge in [-0.2, -0.15) is 0 Å². The van der Waals surface area contributed by atoms with E-state index in [2.05, 4.69) is 5.32 Å². The van der Waals surface area contributed by atoms with E-state index >= 15 is 0 Å². The van der Waals surface area contributed by atoms with Gasteiger partial charge in [0.05, 0.1) is 17.9 Å². The topological polar surface area (TPSA) is 72.5 Å². The number of halogens is 2. The number of hydrogen-bond donors (Lipinski definition) is 1. The van der Waals surface area contributed by atoms with Crippen LogP contribution in [0.2, 0.25) is 5.02 Å². The molecule has 1 N–H and O–H groups in total. The maximum absolute atomic E-state index is 12.9. The number of benzene rings is 2. The molecule has 2 aromatic rings. The number of methoxy groups -OCH3 is 1. The summed E-state index contributed by atoms with van der Waals surface area (Å²) in [5, 5.41) is 1.53. The second-order valence-corrected chi connectivity index (χ2v) is 8.14. The minimum absolute atomic E-state index is 0.294. The van der Waals surface area contributed by atoms with Gasteiger partial charge in [0.1, 0.15) is 16.8 Å². The SMILES string of the molecule is COc1ccc(NC(=O)C(C)S(=O)(=O)Cc2ccc(F)cc2)cc1Cl. The summed E-state index contributed by atoms with van der Waals surface area (Å²) in [5.41, 5.74) is 0.771. The van der Waals surface area contributed by atoms with Crippen LogP contribution in [0.3, 0.4) is 0 Å². The molecule has 1 amide bonds. The number of carbonyl (C=O) groups excluding carboxylic acids is 1. The van der Waals surface area contributed by atoms with Crippen molar-refractivity contribution in [2.45, 2.75) is 17.9 Å². The van der Waals surface area contributed by atoms with Crippen molar-refractivity contribution in [3.05, 3.63) is 58.9 Å². The Balaban J connectivity index is 2.09. The van der Waals surface area contributed by atoms with Gasteiger partial charge in [-0.25, -0.2) is 12.8 Å². The molecule has 0 fully saturated rings. The number of hydrogen-bond acceptors (Lipinski definition) is 4. The Labute approximate surface area is 150 Å². The minimum atomic E-state index is -3.76. The van der Waals surface area contributed by atoms with Gasteiger partial charge in [0.2, 0.25) is 5.91 Å². The maximum atomic E-state index is 12.9. The lowest BCUT2D eigenvalue weighted by molar-refractivity contribution is -0.115. The van der Waals surface area contributed by atoms with Crippen LogP contribution < -0.4 is 10.1 Å². The zero-order chi connectivity index (χ0) is 18.6. The van der Waals surface area contributed by atoms with E-state index in [1.165, 1.54) is 44.4 Å². The average molecular weight is 386 g/mol. The lowest BCUT2D eigenvalue weighted by Gasteiger charge is -2.14. The van der Waals surface area contributed by atoms with E-state index in [0.29, 0.717) is 22.0 Å². The quantitative estimate of drug-likeness (QED) is 0.826. The highest BCUT2D eigenvalue weighted by Gasteiger charge is 2.28. The maximum Gasteiger partial charge on any atom is 0.242 e. The highest BCUT2D eigenvalue weighted by atomic mass is 35.5. The second-order valence-electron chi connectivity index (χ2n) is 5.41. The molecule has 0 bridgehead atoms. The van der Waals surface area contributed by atoms with Crippen LogP contribution in [0.4, 0.5) is 10.1 Å². The molecule has 0 saturated heterocycles. The lowest BCUT2D eigenvalue weighted by Crippen LogP contribution is -2.33.